The van der Waals surface area contributed by atoms with Crippen LogP contribution in [0.1, 0.15) is 46.7 Å². The molecule has 1 amide bonds. The summed E-state index contributed by atoms with van der Waals surface area (Å²) in [7, 11) is 1.65. The molecule has 1 atom stereocenters. The number of hydrogen-bond acceptors (Lipinski definition) is 3. The first-order chi connectivity index (χ1) is 10.2. The Balaban J connectivity index is 2.07. The third-order valence-corrected chi connectivity index (χ3v) is 3.94. The second-order valence-electron chi connectivity index (χ2n) is 5.29. The molecule has 0 unspecified atom stereocenters. The highest BCUT2D eigenvalue weighted by atomic mass is 16.5. The van der Waals surface area contributed by atoms with Gasteiger partial charge in [0, 0.05) is 17.8 Å². The number of carbonyl (C=O) groups is 1. The van der Waals surface area contributed by atoms with Gasteiger partial charge in [-0.1, -0.05) is 19.1 Å². The summed E-state index contributed by atoms with van der Waals surface area (Å²) >= 11 is 0. The van der Waals surface area contributed by atoms with Crippen molar-refractivity contribution in [2.75, 3.05) is 13.7 Å². The van der Waals surface area contributed by atoms with E-state index in [1.807, 2.05) is 36.1 Å². The van der Waals surface area contributed by atoms with Crippen molar-refractivity contribution in [2.24, 2.45) is 0 Å². The van der Waals surface area contributed by atoms with Gasteiger partial charge in [0.15, 0.2) is 5.69 Å². The van der Waals surface area contributed by atoms with Crippen LogP contribution in [-0.4, -0.2) is 34.7 Å². The van der Waals surface area contributed by atoms with Crippen LogP contribution >= 0.6 is 0 Å². The molecule has 0 fully saturated rings. The molecule has 21 heavy (non-hydrogen) atoms. The maximum atomic E-state index is 12.5. The van der Waals surface area contributed by atoms with E-state index in [1.165, 1.54) is 0 Å². The summed E-state index contributed by atoms with van der Waals surface area (Å²) in [5, 5.41) is 7.11. The summed E-state index contributed by atoms with van der Waals surface area (Å²) in [6.07, 6.45) is 0.922. The number of carbonyl (C=O) groups excluding carboxylic acids is 1. The largest absolute Gasteiger partial charge is 0.497 e. The Morgan fingerprint density at radius 2 is 2.05 bits per heavy atom. The van der Waals surface area contributed by atoms with Gasteiger partial charge < -0.3 is 9.64 Å². The van der Waals surface area contributed by atoms with Crippen LogP contribution in [0.4, 0.5) is 0 Å². The predicted molar refractivity (Wildman–Crippen MR) is 79.5 cm³/mol. The Morgan fingerprint density at radius 1 is 1.33 bits per heavy atom. The van der Waals surface area contributed by atoms with Gasteiger partial charge in [0.2, 0.25) is 0 Å². The number of methoxy groups -OCH3 is 1. The number of amides is 1. The van der Waals surface area contributed by atoms with Crippen molar-refractivity contribution in [3.05, 3.63) is 46.8 Å². The second kappa shape index (κ2) is 5.24. The minimum absolute atomic E-state index is 0.0111. The van der Waals surface area contributed by atoms with Crippen molar-refractivity contribution < 1.29 is 9.53 Å². The van der Waals surface area contributed by atoms with Crippen LogP contribution in [0.15, 0.2) is 24.3 Å². The number of aryl methyl sites for hydroxylation is 1. The van der Waals surface area contributed by atoms with Gasteiger partial charge in [-0.3, -0.25) is 9.89 Å². The van der Waals surface area contributed by atoms with Crippen LogP contribution in [0.5, 0.6) is 5.75 Å². The third-order valence-electron chi connectivity index (χ3n) is 3.94. The number of H-pyrrole nitrogens is 1. The summed E-state index contributed by atoms with van der Waals surface area (Å²) in [5.41, 5.74) is 3.60. The Hall–Kier alpha value is -2.30. The average molecular weight is 285 g/mol. The van der Waals surface area contributed by atoms with Crippen LogP contribution in [0.25, 0.3) is 0 Å². The van der Waals surface area contributed by atoms with E-state index in [0.29, 0.717) is 5.69 Å². The zero-order valence-electron chi connectivity index (χ0n) is 12.5. The lowest BCUT2D eigenvalue weighted by molar-refractivity contribution is 0.0743. The van der Waals surface area contributed by atoms with E-state index in [-0.39, 0.29) is 11.9 Å². The van der Waals surface area contributed by atoms with Crippen LogP contribution in [0, 0.1) is 6.92 Å². The Bertz CT molecular complexity index is 661. The normalized spacial score (nSPS) is 17.2. The molecule has 0 radical (unpaired) electrons. The molecule has 1 N–H and O–H groups in total. The molecule has 0 saturated carbocycles. The number of aromatic amines is 1. The maximum Gasteiger partial charge on any atom is 0.275 e. The fourth-order valence-corrected chi connectivity index (χ4v) is 2.95. The lowest BCUT2D eigenvalue weighted by Crippen LogP contribution is -2.30. The minimum Gasteiger partial charge on any atom is -0.497 e. The van der Waals surface area contributed by atoms with Crippen molar-refractivity contribution in [1.29, 1.82) is 0 Å². The summed E-state index contributed by atoms with van der Waals surface area (Å²) in [4.78, 5) is 14.4. The molecule has 1 aromatic carbocycles. The molecule has 2 aromatic rings. The smallest absolute Gasteiger partial charge is 0.275 e. The number of benzene rings is 1. The number of nitrogens with zero attached hydrogens (tertiary/aromatic N) is 2. The van der Waals surface area contributed by atoms with E-state index in [0.717, 1.165) is 35.5 Å². The average Bonchev–Trinajstić information content (AvgIpc) is 3.00. The van der Waals surface area contributed by atoms with Gasteiger partial charge in [0.05, 0.1) is 13.2 Å². The van der Waals surface area contributed by atoms with Crippen LogP contribution in [0.2, 0.25) is 0 Å². The highest BCUT2D eigenvalue weighted by Gasteiger charge is 2.40. The maximum absolute atomic E-state index is 12.5. The van der Waals surface area contributed by atoms with E-state index >= 15 is 0 Å². The molecular formula is C16H19N3O2. The first-order valence-corrected chi connectivity index (χ1v) is 7.17. The SMILES string of the molecule is CCCN1C(=O)c2n[nH]c(C)c2[C@@H]1c1ccc(OC)cc1. The molecule has 3 rings (SSSR count). The summed E-state index contributed by atoms with van der Waals surface area (Å²) in [5.74, 6) is 0.825. The topological polar surface area (TPSA) is 58.2 Å². The van der Waals surface area contributed by atoms with Crippen molar-refractivity contribution in [3.8, 4) is 5.75 Å². The Kier molecular flexibility index (Phi) is 3.41. The van der Waals surface area contributed by atoms with E-state index in [4.69, 9.17) is 4.74 Å². The van der Waals surface area contributed by atoms with Gasteiger partial charge >= 0.3 is 0 Å². The molecule has 2 heterocycles. The zero-order chi connectivity index (χ0) is 15.0. The van der Waals surface area contributed by atoms with Gasteiger partial charge in [-0.2, -0.15) is 5.10 Å². The van der Waals surface area contributed by atoms with Crippen molar-refractivity contribution in [3.63, 3.8) is 0 Å². The minimum atomic E-state index is -0.0582. The summed E-state index contributed by atoms with van der Waals surface area (Å²) in [6.45, 7) is 4.77. The zero-order valence-corrected chi connectivity index (χ0v) is 12.5. The van der Waals surface area contributed by atoms with Gasteiger partial charge in [-0.05, 0) is 31.0 Å². The van der Waals surface area contributed by atoms with Crippen molar-refractivity contribution in [2.45, 2.75) is 26.3 Å². The lowest BCUT2D eigenvalue weighted by Gasteiger charge is -2.25. The molecule has 1 aromatic heterocycles. The first-order valence-electron chi connectivity index (χ1n) is 7.17. The number of fused-ring (bicyclic) bond motifs is 1. The quantitative estimate of drug-likeness (QED) is 0.939. The third kappa shape index (κ3) is 2.09. The first kappa shape index (κ1) is 13.7. The highest BCUT2D eigenvalue weighted by Crippen LogP contribution is 2.39. The molecular weight excluding hydrogens is 266 g/mol. The number of ether oxygens (including phenoxy) is 1. The van der Waals surface area contributed by atoms with E-state index in [2.05, 4.69) is 17.1 Å². The fraction of sp³-hybridized carbons (Fsp3) is 0.375. The molecule has 0 bridgehead atoms. The van der Waals surface area contributed by atoms with Gasteiger partial charge in [0.25, 0.3) is 5.91 Å². The molecule has 1 aliphatic heterocycles. The van der Waals surface area contributed by atoms with Gasteiger partial charge in [0.1, 0.15) is 5.75 Å². The molecule has 0 spiro atoms. The standard InChI is InChI=1S/C16H19N3O2/c1-4-9-19-15(11-5-7-12(21-3)8-6-11)13-10(2)17-18-14(13)16(19)20/h5-8,15H,4,9H2,1-3H3,(H,17,18)/t15-/m0/s1. The monoisotopic (exact) mass is 285 g/mol. The van der Waals surface area contributed by atoms with Crippen molar-refractivity contribution in [1.82, 2.24) is 15.1 Å². The lowest BCUT2D eigenvalue weighted by atomic mass is 9.99. The molecule has 0 saturated heterocycles. The van der Waals surface area contributed by atoms with E-state index in [9.17, 15) is 4.79 Å². The molecule has 110 valence electrons. The van der Waals surface area contributed by atoms with E-state index in [1.54, 1.807) is 7.11 Å². The Morgan fingerprint density at radius 3 is 2.67 bits per heavy atom. The van der Waals surface area contributed by atoms with Crippen LogP contribution in [-0.2, 0) is 0 Å². The highest BCUT2D eigenvalue weighted by molar-refractivity contribution is 5.98. The number of aromatic nitrogens is 2. The Labute approximate surface area is 123 Å². The molecule has 1 aliphatic rings. The molecule has 0 aliphatic carbocycles. The van der Waals surface area contributed by atoms with E-state index < -0.39 is 0 Å². The number of nitrogens with one attached hydrogen (secondary N) is 1. The molecule has 5 heteroatoms. The predicted octanol–water partition coefficient (Wildman–Crippen LogP) is 2.68. The second-order valence-corrected chi connectivity index (χ2v) is 5.29. The molecule has 5 nitrogen and oxygen atoms in total. The van der Waals surface area contributed by atoms with Gasteiger partial charge in [-0.15, -0.1) is 0 Å². The summed E-state index contributed by atoms with van der Waals surface area (Å²) in [6, 6.07) is 7.83. The fourth-order valence-electron chi connectivity index (χ4n) is 2.95. The van der Waals surface area contributed by atoms with Crippen molar-refractivity contribution >= 4 is 5.91 Å². The number of rotatable bonds is 4. The summed E-state index contributed by atoms with van der Waals surface area (Å²) < 4.78 is 5.21. The number of hydrogen-bond donors (Lipinski definition) is 1. The van der Waals surface area contributed by atoms with Gasteiger partial charge in [-0.25, -0.2) is 0 Å². The van der Waals surface area contributed by atoms with Crippen LogP contribution in [0.3, 0.4) is 0 Å². The van der Waals surface area contributed by atoms with Crippen LogP contribution < -0.4 is 4.74 Å².